The van der Waals surface area contributed by atoms with Crippen molar-refractivity contribution < 1.29 is 9.59 Å². The molecule has 0 aromatic heterocycles. The third kappa shape index (κ3) is 3.81. The number of ketones is 1. The van der Waals surface area contributed by atoms with Gasteiger partial charge in [0.2, 0.25) is 0 Å². The lowest BCUT2D eigenvalue weighted by molar-refractivity contribution is 0.101. The van der Waals surface area contributed by atoms with Gasteiger partial charge in [0, 0.05) is 23.8 Å². The minimum absolute atomic E-state index is 0.0154. The number of hydrogen-bond donors (Lipinski definition) is 1. The molecule has 1 aromatic carbocycles. The van der Waals surface area contributed by atoms with Gasteiger partial charge in [-0.05, 0) is 39.3 Å². The maximum absolute atomic E-state index is 12.1. The number of Topliss-reactive ketones (excluding diaryl/α,β-unsaturated/α-hetero) is 1. The van der Waals surface area contributed by atoms with E-state index in [1.165, 1.54) is 6.92 Å². The van der Waals surface area contributed by atoms with E-state index < -0.39 is 0 Å². The first-order valence-corrected chi connectivity index (χ1v) is 6.43. The summed E-state index contributed by atoms with van der Waals surface area (Å²) in [5.41, 5.74) is 1.02. The standard InChI is InChI=1S/C15H22N2O2/c1-6-15(3,4)17(5)14(19)16-13-9-7-8-12(10-13)11(2)18/h7-10H,6H2,1-5H3,(H,16,19). The monoisotopic (exact) mass is 262 g/mol. The topological polar surface area (TPSA) is 49.4 Å². The molecule has 1 rings (SSSR count). The fourth-order valence-corrected chi connectivity index (χ4v) is 1.54. The minimum Gasteiger partial charge on any atom is -0.322 e. The number of nitrogens with zero attached hydrogens (tertiary/aromatic N) is 1. The third-order valence-electron chi connectivity index (χ3n) is 3.60. The van der Waals surface area contributed by atoms with Crippen molar-refractivity contribution in [3.63, 3.8) is 0 Å². The second kappa shape index (κ2) is 5.87. The van der Waals surface area contributed by atoms with Crippen LogP contribution in [0.5, 0.6) is 0 Å². The normalized spacial score (nSPS) is 11.0. The Bertz CT molecular complexity index is 481. The molecule has 2 amide bonds. The average Bonchev–Trinajstić information content (AvgIpc) is 2.38. The van der Waals surface area contributed by atoms with Crippen LogP contribution in [0.3, 0.4) is 0 Å². The predicted octanol–water partition coefficient (Wildman–Crippen LogP) is 3.54. The Morgan fingerprint density at radius 3 is 2.47 bits per heavy atom. The molecule has 0 spiro atoms. The Labute approximate surface area is 114 Å². The second-order valence-corrected chi connectivity index (χ2v) is 5.29. The molecule has 0 aliphatic heterocycles. The highest BCUT2D eigenvalue weighted by molar-refractivity contribution is 5.96. The van der Waals surface area contributed by atoms with E-state index in [2.05, 4.69) is 5.32 Å². The number of anilines is 1. The summed E-state index contributed by atoms with van der Waals surface area (Å²) in [6.45, 7) is 7.57. The van der Waals surface area contributed by atoms with Crippen molar-refractivity contribution in [2.24, 2.45) is 0 Å². The van der Waals surface area contributed by atoms with Gasteiger partial charge in [-0.25, -0.2) is 4.79 Å². The van der Waals surface area contributed by atoms with Crippen LogP contribution < -0.4 is 5.32 Å². The summed E-state index contributed by atoms with van der Waals surface area (Å²) in [7, 11) is 1.77. The maximum atomic E-state index is 12.1. The first-order valence-electron chi connectivity index (χ1n) is 6.43. The molecule has 0 saturated heterocycles. The van der Waals surface area contributed by atoms with Crippen molar-refractivity contribution in [1.82, 2.24) is 4.90 Å². The molecule has 0 saturated carbocycles. The van der Waals surface area contributed by atoms with Crippen LogP contribution in [0.25, 0.3) is 0 Å². The van der Waals surface area contributed by atoms with Gasteiger partial charge < -0.3 is 10.2 Å². The molecule has 0 radical (unpaired) electrons. The number of carbonyl (C=O) groups is 2. The van der Waals surface area contributed by atoms with Gasteiger partial charge in [0.1, 0.15) is 0 Å². The molecule has 0 unspecified atom stereocenters. The van der Waals surface area contributed by atoms with Crippen LogP contribution in [0, 0.1) is 0 Å². The molecule has 0 aliphatic rings. The van der Waals surface area contributed by atoms with Crippen molar-refractivity contribution in [1.29, 1.82) is 0 Å². The summed E-state index contributed by atoms with van der Waals surface area (Å²) in [5, 5.41) is 2.81. The SMILES string of the molecule is CCC(C)(C)N(C)C(=O)Nc1cccc(C(C)=O)c1. The molecule has 4 nitrogen and oxygen atoms in total. The van der Waals surface area contributed by atoms with Crippen molar-refractivity contribution in [3.8, 4) is 0 Å². The van der Waals surface area contributed by atoms with Gasteiger partial charge in [0.25, 0.3) is 0 Å². The Kier molecular flexibility index (Phi) is 4.70. The summed E-state index contributed by atoms with van der Waals surface area (Å²) in [4.78, 5) is 25.1. The zero-order valence-electron chi connectivity index (χ0n) is 12.3. The summed E-state index contributed by atoms with van der Waals surface area (Å²) in [6.07, 6.45) is 0.865. The molecule has 1 N–H and O–H groups in total. The molecule has 19 heavy (non-hydrogen) atoms. The Balaban J connectivity index is 2.83. The highest BCUT2D eigenvalue weighted by Gasteiger charge is 2.25. The molecule has 0 atom stereocenters. The lowest BCUT2D eigenvalue weighted by Gasteiger charge is -2.34. The van der Waals surface area contributed by atoms with Gasteiger partial charge >= 0.3 is 6.03 Å². The van der Waals surface area contributed by atoms with E-state index in [0.717, 1.165) is 6.42 Å². The third-order valence-corrected chi connectivity index (χ3v) is 3.60. The van der Waals surface area contributed by atoms with Crippen molar-refractivity contribution in [2.45, 2.75) is 39.7 Å². The van der Waals surface area contributed by atoms with Crippen LogP contribution in [0.4, 0.5) is 10.5 Å². The van der Waals surface area contributed by atoms with E-state index in [1.807, 2.05) is 20.8 Å². The highest BCUT2D eigenvalue weighted by Crippen LogP contribution is 2.18. The van der Waals surface area contributed by atoms with Crippen LogP contribution in [0.15, 0.2) is 24.3 Å². The molecule has 0 aliphatic carbocycles. The van der Waals surface area contributed by atoms with Crippen molar-refractivity contribution in [3.05, 3.63) is 29.8 Å². The molecule has 4 heteroatoms. The Morgan fingerprint density at radius 2 is 1.95 bits per heavy atom. The van der Waals surface area contributed by atoms with Crippen LogP contribution in [-0.4, -0.2) is 29.3 Å². The number of benzene rings is 1. The quantitative estimate of drug-likeness (QED) is 0.844. The van der Waals surface area contributed by atoms with Crippen LogP contribution >= 0.6 is 0 Å². The zero-order chi connectivity index (χ0) is 14.6. The molecular weight excluding hydrogens is 240 g/mol. The predicted molar refractivity (Wildman–Crippen MR) is 77.6 cm³/mol. The zero-order valence-corrected chi connectivity index (χ0v) is 12.3. The van der Waals surface area contributed by atoms with E-state index in [0.29, 0.717) is 11.3 Å². The maximum Gasteiger partial charge on any atom is 0.322 e. The Morgan fingerprint density at radius 1 is 1.32 bits per heavy atom. The summed E-state index contributed by atoms with van der Waals surface area (Å²) in [5.74, 6) is -0.0154. The van der Waals surface area contributed by atoms with E-state index >= 15 is 0 Å². The van der Waals surface area contributed by atoms with Gasteiger partial charge in [-0.1, -0.05) is 19.1 Å². The van der Waals surface area contributed by atoms with Crippen LogP contribution in [-0.2, 0) is 0 Å². The minimum atomic E-state index is -0.206. The first kappa shape index (κ1) is 15.2. The van der Waals surface area contributed by atoms with Crippen molar-refractivity contribution in [2.75, 3.05) is 12.4 Å². The van der Waals surface area contributed by atoms with Crippen LogP contribution in [0.2, 0.25) is 0 Å². The molecule has 0 bridgehead atoms. The summed E-state index contributed by atoms with van der Waals surface area (Å²) in [6, 6.07) is 6.78. The fourth-order valence-electron chi connectivity index (χ4n) is 1.54. The van der Waals surface area contributed by atoms with Gasteiger partial charge in [0.05, 0.1) is 0 Å². The van der Waals surface area contributed by atoms with Gasteiger partial charge in [-0.15, -0.1) is 0 Å². The lowest BCUT2D eigenvalue weighted by atomic mass is 10.0. The number of rotatable bonds is 4. The smallest absolute Gasteiger partial charge is 0.322 e. The molecule has 104 valence electrons. The van der Waals surface area contributed by atoms with E-state index in [9.17, 15) is 9.59 Å². The largest absolute Gasteiger partial charge is 0.322 e. The van der Waals surface area contributed by atoms with Crippen LogP contribution in [0.1, 0.15) is 44.5 Å². The number of urea groups is 1. The molecule has 0 fully saturated rings. The number of hydrogen-bond acceptors (Lipinski definition) is 2. The molecule has 1 aromatic rings. The molecular formula is C15H22N2O2. The van der Waals surface area contributed by atoms with Gasteiger partial charge in [-0.2, -0.15) is 0 Å². The lowest BCUT2D eigenvalue weighted by Crippen LogP contribution is -2.46. The van der Waals surface area contributed by atoms with E-state index in [1.54, 1.807) is 36.2 Å². The van der Waals surface area contributed by atoms with Crippen molar-refractivity contribution >= 4 is 17.5 Å². The number of carbonyl (C=O) groups excluding carboxylic acids is 2. The summed E-state index contributed by atoms with van der Waals surface area (Å²) < 4.78 is 0. The van der Waals surface area contributed by atoms with Gasteiger partial charge in [0.15, 0.2) is 5.78 Å². The number of nitrogens with one attached hydrogen (secondary N) is 1. The Hall–Kier alpha value is -1.84. The molecule has 0 heterocycles. The van der Waals surface area contributed by atoms with Gasteiger partial charge in [-0.3, -0.25) is 4.79 Å². The van der Waals surface area contributed by atoms with E-state index in [-0.39, 0.29) is 17.4 Å². The van der Waals surface area contributed by atoms with E-state index in [4.69, 9.17) is 0 Å². The average molecular weight is 262 g/mol. The fraction of sp³-hybridized carbons (Fsp3) is 0.467. The summed E-state index contributed by atoms with van der Waals surface area (Å²) >= 11 is 0. The second-order valence-electron chi connectivity index (χ2n) is 5.29. The first-order chi connectivity index (χ1) is 8.77. The highest BCUT2D eigenvalue weighted by atomic mass is 16.2. The number of amides is 2.